The van der Waals surface area contributed by atoms with Crippen LogP contribution in [0, 0.1) is 0 Å². The van der Waals surface area contributed by atoms with Crippen LogP contribution in [0.25, 0.3) is 0 Å². The predicted molar refractivity (Wildman–Crippen MR) is 71.6 cm³/mol. The fourth-order valence-electron chi connectivity index (χ4n) is 1.42. The summed E-state index contributed by atoms with van der Waals surface area (Å²) < 4.78 is 29.3. The molecular formula is C13H26F2N2O2. The Bertz CT molecular complexity index is 283. The van der Waals surface area contributed by atoms with E-state index in [1.807, 2.05) is 20.8 Å². The summed E-state index contributed by atoms with van der Waals surface area (Å²) in [7, 11) is 0. The quantitative estimate of drug-likeness (QED) is 0.787. The molecule has 6 heteroatoms. The lowest BCUT2D eigenvalue weighted by atomic mass is 10.1. The van der Waals surface area contributed by atoms with Crippen LogP contribution in [0.5, 0.6) is 0 Å². The van der Waals surface area contributed by atoms with Crippen LogP contribution in [0.2, 0.25) is 0 Å². The second-order valence-electron chi connectivity index (χ2n) is 6.40. The number of alkyl halides is 2. The van der Waals surface area contributed by atoms with E-state index in [1.165, 1.54) is 4.90 Å². The monoisotopic (exact) mass is 280 g/mol. The molecule has 0 aliphatic rings. The Balaban J connectivity index is 4.45. The number of ether oxygens (including phenoxy) is 1. The molecular weight excluding hydrogens is 254 g/mol. The van der Waals surface area contributed by atoms with Gasteiger partial charge in [-0.25, -0.2) is 13.6 Å². The van der Waals surface area contributed by atoms with Gasteiger partial charge in [0, 0.05) is 18.6 Å². The zero-order chi connectivity index (χ0) is 15.3. The van der Waals surface area contributed by atoms with Crippen molar-refractivity contribution in [2.45, 2.75) is 59.1 Å². The van der Waals surface area contributed by atoms with Crippen molar-refractivity contribution < 1.29 is 18.3 Å². The summed E-state index contributed by atoms with van der Waals surface area (Å²) in [5.74, 6) is 0. The molecule has 0 unspecified atom stereocenters. The average Bonchev–Trinajstić information content (AvgIpc) is 2.11. The fraction of sp³-hybridized carbons (Fsp3) is 0.923. The molecule has 0 aromatic heterocycles. The van der Waals surface area contributed by atoms with Gasteiger partial charge in [0.25, 0.3) is 6.43 Å². The number of rotatable bonds is 5. The third-order valence-corrected chi connectivity index (χ3v) is 2.23. The topological polar surface area (TPSA) is 41.6 Å². The Labute approximate surface area is 114 Å². The minimum atomic E-state index is -2.38. The minimum absolute atomic E-state index is 0.306. The molecule has 1 N–H and O–H groups in total. The highest BCUT2D eigenvalue weighted by Gasteiger charge is 2.30. The Hall–Kier alpha value is -0.910. The third-order valence-electron chi connectivity index (χ3n) is 2.23. The third kappa shape index (κ3) is 8.75. The lowest BCUT2D eigenvalue weighted by molar-refractivity contribution is 0.00646. The Morgan fingerprint density at radius 1 is 1.21 bits per heavy atom. The Morgan fingerprint density at radius 2 is 1.74 bits per heavy atom. The molecule has 0 saturated carbocycles. The van der Waals surface area contributed by atoms with Gasteiger partial charge >= 0.3 is 6.09 Å². The molecule has 1 amide bonds. The van der Waals surface area contributed by atoms with Gasteiger partial charge in [-0.3, -0.25) is 0 Å². The largest absolute Gasteiger partial charge is 0.444 e. The lowest BCUT2D eigenvalue weighted by Crippen LogP contribution is -2.50. The van der Waals surface area contributed by atoms with E-state index in [0.29, 0.717) is 13.1 Å². The number of hydrogen-bond donors (Lipinski definition) is 1. The van der Waals surface area contributed by atoms with E-state index < -0.39 is 23.7 Å². The molecule has 19 heavy (non-hydrogen) atoms. The maximum Gasteiger partial charge on any atom is 0.410 e. The lowest BCUT2D eigenvalue weighted by Gasteiger charge is -2.36. The van der Waals surface area contributed by atoms with Gasteiger partial charge < -0.3 is 15.0 Å². The molecule has 0 spiro atoms. The first-order valence-corrected chi connectivity index (χ1v) is 6.43. The van der Waals surface area contributed by atoms with E-state index in [4.69, 9.17) is 4.74 Å². The summed E-state index contributed by atoms with van der Waals surface area (Å²) in [5, 5.41) is 2.61. The van der Waals surface area contributed by atoms with E-state index in [1.54, 1.807) is 20.8 Å². The zero-order valence-corrected chi connectivity index (χ0v) is 12.7. The van der Waals surface area contributed by atoms with Crippen molar-refractivity contribution in [1.82, 2.24) is 10.2 Å². The highest BCUT2D eigenvalue weighted by molar-refractivity contribution is 5.69. The highest BCUT2D eigenvalue weighted by atomic mass is 19.3. The molecule has 0 aromatic rings. The van der Waals surface area contributed by atoms with Crippen LogP contribution < -0.4 is 5.32 Å². The summed E-state index contributed by atoms with van der Waals surface area (Å²) in [5.41, 5.74) is -0.994. The molecule has 4 nitrogen and oxygen atoms in total. The summed E-state index contributed by atoms with van der Waals surface area (Å²) in [6.07, 6.45) is -2.82. The maximum absolute atomic E-state index is 12.1. The zero-order valence-electron chi connectivity index (χ0n) is 12.7. The molecule has 0 bridgehead atoms. The number of nitrogens with one attached hydrogen (secondary N) is 1. The average molecular weight is 280 g/mol. The van der Waals surface area contributed by atoms with Crippen LogP contribution in [0.1, 0.15) is 41.5 Å². The molecule has 0 aliphatic heterocycles. The van der Waals surface area contributed by atoms with Gasteiger partial charge in [-0.05, 0) is 41.5 Å². The first-order chi connectivity index (χ1) is 8.43. The molecule has 0 aliphatic carbocycles. The number of carbonyl (C=O) groups excluding carboxylic acids is 1. The van der Waals surface area contributed by atoms with E-state index >= 15 is 0 Å². The van der Waals surface area contributed by atoms with Crippen molar-refractivity contribution in [2.24, 2.45) is 0 Å². The highest BCUT2D eigenvalue weighted by Crippen LogP contribution is 2.17. The van der Waals surface area contributed by atoms with Crippen LogP contribution in [0.3, 0.4) is 0 Å². The standard InChI is InChI=1S/C13H26F2N2O2/c1-12(2,3)17(8-7-16-9-10(14)15)11(18)19-13(4,5)6/h10,16H,7-9H2,1-6H3. The van der Waals surface area contributed by atoms with Gasteiger partial charge in [0.1, 0.15) is 5.60 Å². The van der Waals surface area contributed by atoms with Crippen LogP contribution in [-0.2, 0) is 4.74 Å². The second-order valence-corrected chi connectivity index (χ2v) is 6.40. The van der Waals surface area contributed by atoms with E-state index in [2.05, 4.69) is 5.32 Å². The van der Waals surface area contributed by atoms with Gasteiger partial charge in [0.05, 0.1) is 6.54 Å². The Kier molecular flexibility index (Phi) is 6.69. The van der Waals surface area contributed by atoms with Crippen LogP contribution >= 0.6 is 0 Å². The molecule has 114 valence electrons. The summed E-state index contributed by atoms with van der Waals surface area (Å²) >= 11 is 0. The van der Waals surface area contributed by atoms with Gasteiger partial charge in [-0.2, -0.15) is 0 Å². The van der Waals surface area contributed by atoms with Crippen molar-refractivity contribution >= 4 is 6.09 Å². The number of carbonyl (C=O) groups is 1. The van der Waals surface area contributed by atoms with Crippen molar-refractivity contribution in [1.29, 1.82) is 0 Å². The van der Waals surface area contributed by atoms with E-state index in [9.17, 15) is 13.6 Å². The SMILES string of the molecule is CC(C)(C)OC(=O)N(CCNCC(F)F)C(C)(C)C. The summed E-state index contributed by atoms with van der Waals surface area (Å²) in [4.78, 5) is 13.6. The smallest absolute Gasteiger partial charge is 0.410 e. The molecule has 0 atom stereocenters. The Morgan fingerprint density at radius 3 is 2.11 bits per heavy atom. The van der Waals surface area contributed by atoms with Crippen molar-refractivity contribution in [3.63, 3.8) is 0 Å². The number of halogens is 2. The summed E-state index contributed by atoms with van der Waals surface area (Å²) in [6.45, 7) is 11.3. The molecule has 0 radical (unpaired) electrons. The maximum atomic E-state index is 12.1. The molecule has 0 heterocycles. The first-order valence-electron chi connectivity index (χ1n) is 6.43. The van der Waals surface area contributed by atoms with Crippen molar-refractivity contribution in [3.8, 4) is 0 Å². The normalized spacial score (nSPS) is 12.7. The van der Waals surface area contributed by atoms with E-state index in [0.717, 1.165) is 0 Å². The first kappa shape index (κ1) is 18.1. The molecule has 0 fully saturated rings. The second kappa shape index (κ2) is 7.03. The summed E-state index contributed by atoms with van der Waals surface area (Å²) in [6, 6.07) is 0. The van der Waals surface area contributed by atoms with Gasteiger partial charge in [0.2, 0.25) is 0 Å². The number of nitrogens with zero attached hydrogens (tertiary/aromatic N) is 1. The fourth-order valence-corrected chi connectivity index (χ4v) is 1.42. The van der Waals surface area contributed by atoms with Crippen molar-refractivity contribution in [2.75, 3.05) is 19.6 Å². The van der Waals surface area contributed by atoms with Crippen LogP contribution in [0.4, 0.5) is 13.6 Å². The molecule has 0 rings (SSSR count). The van der Waals surface area contributed by atoms with Crippen molar-refractivity contribution in [3.05, 3.63) is 0 Å². The van der Waals surface area contributed by atoms with Gasteiger partial charge in [-0.15, -0.1) is 0 Å². The van der Waals surface area contributed by atoms with Gasteiger partial charge in [0.15, 0.2) is 0 Å². The molecule has 0 aromatic carbocycles. The van der Waals surface area contributed by atoms with Crippen LogP contribution in [0.15, 0.2) is 0 Å². The van der Waals surface area contributed by atoms with Crippen LogP contribution in [-0.4, -0.2) is 48.2 Å². The molecule has 0 saturated heterocycles. The number of hydrogen-bond acceptors (Lipinski definition) is 3. The minimum Gasteiger partial charge on any atom is -0.444 e. The number of amides is 1. The van der Waals surface area contributed by atoms with E-state index in [-0.39, 0.29) is 6.54 Å². The van der Waals surface area contributed by atoms with Gasteiger partial charge in [-0.1, -0.05) is 0 Å². The predicted octanol–water partition coefficient (Wildman–Crippen LogP) is 2.88.